The number of ether oxygens (including phenoxy) is 1. The molecule has 0 radical (unpaired) electrons. The van der Waals surface area contributed by atoms with Crippen molar-refractivity contribution < 1.29 is 14.3 Å². The molecule has 3 nitrogen and oxygen atoms in total. The van der Waals surface area contributed by atoms with Crippen molar-refractivity contribution in [2.75, 3.05) is 18.1 Å². The maximum Gasteiger partial charge on any atom is 0.314 e. The van der Waals surface area contributed by atoms with E-state index in [0.29, 0.717) is 11.2 Å². The lowest BCUT2D eigenvalue weighted by Crippen LogP contribution is -2.42. The molecule has 2 heterocycles. The molecule has 22 heavy (non-hydrogen) atoms. The van der Waals surface area contributed by atoms with Crippen LogP contribution in [-0.4, -0.2) is 34.4 Å². The first-order valence-corrected chi connectivity index (χ1v) is 9.92. The fourth-order valence-corrected chi connectivity index (χ4v) is 6.71. The van der Waals surface area contributed by atoms with Crippen LogP contribution in [-0.2, 0) is 14.3 Å². The first-order valence-electron chi connectivity index (χ1n) is 7.82. The number of hydrogen-bond acceptors (Lipinski definition) is 5. The molecule has 3 atom stereocenters. The molecule has 0 amide bonds. The molecule has 1 aliphatic carbocycles. The highest BCUT2D eigenvalue weighted by molar-refractivity contribution is 8.17. The molecule has 0 N–H and O–H groups in total. The van der Waals surface area contributed by atoms with E-state index < -0.39 is 5.92 Å². The minimum Gasteiger partial charge on any atom is -0.461 e. The van der Waals surface area contributed by atoms with Gasteiger partial charge in [-0.2, -0.15) is 0 Å². The highest BCUT2D eigenvalue weighted by Gasteiger charge is 2.46. The third kappa shape index (κ3) is 2.78. The fourth-order valence-electron chi connectivity index (χ4n) is 3.74. The van der Waals surface area contributed by atoms with Crippen LogP contribution in [0.15, 0.2) is 22.8 Å². The van der Waals surface area contributed by atoms with Crippen molar-refractivity contribution in [1.29, 1.82) is 0 Å². The van der Waals surface area contributed by atoms with Gasteiger partial charge in [0.15, 0.2) is 0 Å². The van der Waals surface area contributed by atoms with Gasteiger partial charge < -0.3 is 4.74 Å². The van der Waals surface area contributed by atoms with E-state index in [0.717, 1.165) is 11.1 Å². The Morgan fingerprint density at radius 3 is 2.64 bits per heavy atom. The van der Waals surface area contributed by atoms with E-state index in [9.17, 15) is 9.59 Å². The number of thioether (sulfide) groups is 2. The van der Waals surface area contributed by atoms with Gasteiger partial charge in [-0.05, 0) is 54.4 Å². The summed E-state index contributed by atoms with van der Waals surface area (Å²) in [5.74, 6) is 1.61. The van der Waals surface area contributed by atoms with Gasteiger partial charge in [-0.25, -0.2) is 0 Å². The lowest BCUT2D eigenvalue weighted by Gasteiger charge is -2.41. The third-order valence-corrected chi connectivity index (χ3v) is 7.66. The van der Waals surface area contributed by atoms with E-state index in [4.69, 9.17) is 4.74 Å². The Kier molecular flexibility index (Phi) is 4.74. The van der Waals surface area contributed by atoms with Crippen molar-refractivity contribution >= 4 is 35.3 Å². The van der Waals surface area contributed by atoms with Gasteiger partial charge >= 0.3 is 5.97 Å². The molecule has 0 aromatic heterocycles. The number of hydrogen-bond donors (Lipinski definition) is 0. The van der Waals surface area contributed by atoms with Crippen molar-refractivity contribution in [2.24, 2.45) is 17.8 Å². The predicted octanol–water partition coefficient (Wildman–Crippen LogP) is 3.45. The van der Waals surface area contributed by atoms with Crippen molar-refractivity contribution in [3.8, 4) is 0 Å². The summed E-state index contributed by atoms with van der Waals surface area (Å²) < 4.78 is 5.73. The number of Topliss-reactive ketones (excluding diaryl/α,β-unsaturated/α-hetero) is 1. The van der Waals surface area contributed by atoms with Crippen molar-refractivity contribution in [3.63, 3.8) is 0 Å². The van der Waals surface area contributed by atoms with E-state index in [2.05, 4.69) is 13.0 Å². The normalized spacial score (nSPS) is 33.1. The number of carbonyl (C=O) groups is 2. The van der Waals surface area contributed by atoms with Crippen LogP contribution in [0, 0.1) is 17.8 Å². The molecule has 0 aromatic carbocycles. The lowest BCUT2D eigenvalue weighted by molar-refractivity contribution is -0.152. The van der Waals surface area contributed by atoms with Gasteiger partial charge in [0.25, 0.3) is 0 Å². The summed E-state index contributed by atoms with van der Waals surface area (Å²) >= 11 is 3.93. The Labute approximate surface area is 140 Å². The minimum absolute atomic E-state index is 0.0842. The van der Waals surface area contributed by atoms with E-state index in [1.165, 1.54) is 23.5 Å². The van der Waals surface area contributed by atoms with Gasteiger partial charge in [-0.15, -0.1) is 23.5 Å². The third-order valence-electron chi connectivity index (χ3n) is 4.69. The first-order chi connectivity index (χ1) is 10.5. The quantitative estimate of drug-likeness (QED) is 0.722. The molecule has 120 valence electrons. The SMILES string of the molecule is CC(=O)[C@@H]1[C@H]2C(=O)OCC(C)=C2C(C2SCCCS2)=C[C@@H]1C. The fraction of sp³-hybridized carbons (Fsp3) is 0.647. The van der Waals surface area contributed by atoms with Crippen molar-refractivity contribution in [2.45, 2.75) is 31.8 Å². The van der Waals surface area contributed by atoms with Gasteiger partial charge in [-0.1, -0.05) is 13.0 Å². The molecule has 0 spiro atoms. The van der Waals surface area contributed by atoms with Gasteiger partial charge in [0.2, 0.25) is 0 Å². The van der Waals surface area contributed by atoms with Gasteiger partial charge in [0.05, 0.1) is 10.5 Å². The summed E-state index contributed by atoms with van der Waals surface area (Å²) in [5, 5.41) is 0. The van der Waals surface area contributed by atoms with E-state index >= 15 is 0 Å². The summed E-state index contributed by atoms with van der Waals surface area (Å²) in [7, 11) is 0. The van der Waals surface area contributed by atoms with Crippen LogP contribution in [0.1, 0.15) is 27.2 Å². The second-order valence-electron chi connectivity index (χ2n) is 6.32. The molecular formula is C17H22O3S2. The van der Waals surface area contributed by atoms with Crippen LogP contribution in [0.2, 0.25) is 0 Å². The van der Waals surface area contributed by atoms with E-state index in [1.807, 2.05) is 30.4 Å². The summed E-state index contributed by atoms with van der Waals surface area (Å²) in [5.41, 5.74) is 3.49. The van der Waals surface area contributed by atoms with E-state index in [1.54, 1.807) is 6.92 Å². The second-order valence-corrected chi connectivity index (χ2v) is 9.05. The molecule has 0 aromatic rings. The molecule has 3 aliphatic rings. The molecule has 1 fully saturated rings. The molecule has 3 rings (SSSR count). The number of cyclic esters (lactones) is 1. The van der Waals surface area contributed by atoms with Crippen LogP contribution in [0.25, 0.3) is 0 Å². The zero-order chi connectivity index (χ0) is 15.9. The molecule has 0 saturated carbocycles. The largest absolute Gasteiger partial charge is 0.461 e. The first kappa shape index (κ1) is 16.2. The molecule has 2 aliphatic heterocycles. The summed E-state index contributed by atoms with van der Waals surface area (Å²) in [6.45, 7) is 6.05. The highest BCUT2D eigenvalue weighted by atomic mass is 32.2. The minimum atomic E-state index is -0.399. The zero-order valence-corrected chi connectivity index (χ0v) is 14.9. The Balaban J connectivity index is 2.07. The number of carbonyl (C=O) groups excluding carboxylic acids is 2. The Bertz CT molecular complexity index is 558. The topological polar surface area (TPSA) is 43.4 Å². The number of rotatable bonds is 2. The standard InChI is InChI=1S/C17H22O3S2/c1-9-7-12(17-21-5-4-6-22-17)14-10(2)8-20-16(19)15(14)13(9)11(3)18/h7,9,13,15,17H,4-6,8H2,1-3H3/t9-,13+,15+/m0/s1. The van der Waals surface area contributed by atoms with Gasteiger partial charge in [0.1, 0.15) is 12.4 Å². The summed E-state index contributed by atoms with van der Waals surface area (Å²) in [6.07, 6.45) is 3.49. The molecular weight excluding hydrogens is 316 g/mol. The van der Waals surface area contributed by atoms with Gasteiger partial charge in [0, 0.05) is 5.92 Å². The number of ketones is 1. The average molecular weight is 338 g/mol. The van der Waals surface area contributed by atoms with E-state index in [-0.39, 0.29) is 23.6 Å². The van der Waals surface area contributed by atoms with Crippen LogP contribution in [0.3, 0.4) is 0 Å². The Hall–Kier alpha value is -0.680. The van der Waals surface area contributed by atoms with Crippen LogP contribution in [0.5, 0.6) is 0 Å². The van der Waals surface area contributed by atoms with Crippen molar-refractivity contribution in [1.82, 2.24) is 0 Å². The maximum absolute atomic E-state index is 12.4. The second kappa shape index (κ2) is 6.44. The number of allylic oxidation sites excluding steroid dienone is 1. The molecule has 0 unspecified atom stereocenters. The summed E-state index contributed by atoms with van der Waals surface area (Å²) in [4.78, 5) is 24.5. The molecule has 1 saturated heterocycles. The number of fused-ring (bicyclic) bond motifs is 1. The Morgan fingerprint density at radius 1 is 1.32 bits per heavy atom. The number of esters is 1. The highest BCUT2D eigenvalue weighted by Crippen LogP contribution is 2.49. The molecule has 0 bridgehead atoms. The Morgan fingerprint density at radius 2 is 2.00 bits per heavy atom. The van der Waals surface area contributed by atoms with Crippen LogP contribution < -0.4 is 0 Å². The van der Waals surface area contributed by atoms with Gasteiger partial charge in [-0.3, -0.25) is 9.59 Å². The van der Waals surface area contributed by atoms with Crippen LogP contribution in [0.4, 0.5) is 0 Å². The maximum atomic E-state index is 12.4. The zero-order valence-electron chi connectivity index (χ0n) is 13.3. The predicted molar refractivity (Wildman–Crippen MR) is 91.9 cm³/mol. The molecule has 5 heteroatoms. The van der Waals surface area contributed by atoms with Crippen LogP contribution >= 0.6 is 23.5 Å². The lowest BCUT2D eigenvalue weighted by atomic mass is 9.67. The average Bonchev–Trinajstić information content (AvgIpc) is 2.50. The smallest absolute Gasteiger partial charge is 0.314 e. The summed E-state index contributed by atoms with van der Waals surface area (Å²) in [6, 6.07) is 0. The van der Waals surface area contributed by atoms with Crippen molar-refractivity contribution in [3.05, 3.63) is 22.8 Å². The monoisotopic (exact) mass is 338 g/mol.